The second kappa shape index (κ2) is 7.84. The van der Waals surface area contributed by atoms with Crippen LogP contribution < -0.4 is 10.1 Å². The summed E-state index contributed by atoms with van der Waals surface area (Å²) in [5.41, 5.74) is 4.55. The van der Waals surface area contributed by atoms with Gasteiger partial charge in [-0.3, -0.25) is 4.79 Å². The van der Waals surface area contributed by atoms with Gasteiger partial charge >= 0.3 is 0 Å². The Morgan fingerprint density at radius 3 is 2.66 bits per heavy atom. The van der Waals surface area contributed by atoms with Crippen LogP contribution in [-0.4, -0.2) is 19.6 Å². The first kappa shape index (κ1) is 18.8. The first-order chi connectivity index (χ1) is 14.1. The number of hydrogen-bond donors (Lipinski definition) is 1. The number of hydrogen-bond acceptors (Lipinski definition) is 3. The maximum absolute atomic E-state index is 12.0. The summed E-state index contributed by atoms with van der Waals surface area (Å²) in [7, 11) is 1.62. The van der Waals surface area contributed by atoms with Gasteiger partial charge in [0.2, 0.25) is 5.91 Å². The molecule has 0 radical (unpaired) electrons. The highest BCUT2D eigenvalue weighted by Crippen LogP contribution is 2.38. The molecule has 4 heteroatoms. The molecule has 4 nitrogen and oxygen atoms in total. The van der Waals surface area contributed by atoms with Crippen molar-refractivity contribution < 1.29 is 13.9 Å². The Bertz CT molecular complexity index is 1230. The van der Waals surface area contributed by atoms with E-state index in [9.17, 15) is 4.79 Å². The normalized spacial score (nSPS) is 11.8. The molecule has 0 fully saturated rings. The number of fused-ring (bicyclic) bond motifs is 2. The van der Waals surface area contributed by atoms with E-state index in [-0.39, 0.29) is 5.91 Å². The maximum atomic E-state index is 12.0. The van der Waals surface area contributed by atoms with Crippen molar-refractivity contribution in [1.29, 1.82) is 0 Å². The summed E-state index contributed by atoms with van der Waals surface area (Å²) in [4.78, 5) is 12.0. The van der Waals surface area contributed by atoms with Crippen molar-refractivity contribution in [2.24, 2.45) is 0 Å². The molecule has 29 heavy (non-hydrogen) atoms. The van der Waals surface area contributed by atoms with Crippen LogP contribution in [0, 0.1) is 0 Å². The van der Waals surface area contributed by atoms with E-state index >= 15 is 0 Å². The van der Waals surface area contributed by atoms with Crippen molar-refractivity contribution in [2.75, 3.05) is 13.7 Å². The number of nitrogens with one attached hydrogen (secondary N) is 1. The zero-order chi connectivity index (χ0) is 20.4. The fourth-order valence-corrected chi connectivity index (χ4v) is 3.61. The van der Waals surface area contributed by atoms with Crippen LogP contribution in [0.1, 0.15) is 19.4 Å². The van der Waals surface area contributed by atoms with E-state index in [4.69, 9.17) is 9.15 Å². The summed E-state index contributed by atoms with van der Waals surface area (Å²) < 4.78 is 11.4. The molecule has 0 aliphatic rings. The number of ether oxygens (including phenoxy) is 1. The number of rotatable bonds is 5. The van der Waals surface area contributed by atoms with E-state index in [0.717, 1.165) is 33.2 Å². The predicted octanol–water partition coefficient (Wildman–Crippen LogP) is 5.80. The lowest BCUT2D eigenvalue weighted by Gasteiger charge is -2.10. The number of carbonyl (C=O) groups is 1. The van der Waals surface area contributed by atoms with E-state index in [1.54, 1.807) is 19.4 Å². The van der Waals surface area contributed by atoms with Crippen LogP contribution in [0.25, 0.3) is 38.4 Å². The topological polar surface area (TPSA) is 51.5 Å². The molecule has 1 amide bonds. The number of allylic oxidation sites excluding steroid dienone is 1. The van der Waals surface area contributed by atoms with Gasteiger partial charge in [-0.05, 0) is 47.9 Å². The molecular formula is C25H23NO3. The Morgan fingerprint density at radius 2 is 1.90 bits per heavy atom. The number of methoxy groups -OCH3 is 1. The molecule has 4 aromatic rings. The highest BCUT2D eigenvalue weighted by molar-refractivity contribution is 6.01. The molecule has 0 saturated heterocycles. The molecule has 0 saturated carbocycles. The lowest BCUT2D eigenvalue weighted by Crippen LogP contribution is -2.20. The molecule has 1 aromatic heterocycles. The van der Waals surface area contributed by atoms with Gasteiger partial charge in [0.05, 0.1) is 13.4 Å². The number of likely N-dealkylation sites (N-methyl/N-ethyl adjacent to an activating group) is 1. The molecule has 0 aliphatic heterocycles. The molecule has 4 rings (SSSR count). The van der Waals surface area contributed by atoms with Gasteiger partial charge in [-0.2, -0.15) is 0 Å². The van der Waals surface area contributed by atoms with Gasteiger partial charge in [0.15, 0.2) is 0 Å². The number of carbonyl (C=O) groups excluding carboxylic acids is 1. The Morgan fingerprint density at radius 1 is 1.10 bits per heavy atom. The Balaban J connectivity index is 1.85. The fraction of sp³-hybridized carbons (Fsp3) is 0.160. The van der Waals surface area contributed by atoms with Crippen LogP contribution in [0.2, 0.25) is 0 Å². The summed E-state index contributed by atoms with van der Waals surface area (Å²) in [6.45, 7) is 4.40. The molecule has 1 N–H and O–H groups in total. The molecular weight excluding hydrogens is 362 g/mol. The van der Waals surface area contributed by atoms with E-state index < -0.39 is 0 Å². The third kappa shape index (κ3) is 3.61. The fourth-order valence-electron chi connectivity index (χ4n) is 3.61. The highest BCUT2D eigenvalue weighted by atomic mass is 16.5. The first-order valence-corrected chi connectivity index (χ1v) is 9.65. The average molecular weight is 385 g/mol. The summed E-state index contributed by atoms with van der Waals surface area (Å²) in [6.07, 6.45) is 3.38. The lowest BCUT2D eigenvalue weighted by atomic mass is 9.97. The van der Waals surface area contributed by atoms with Gasteiger partial charge in [-0.15, -0.1) is 0 Å². The van der Waals surface area contributed by atoms with Crippen molar-refractivity contribution in [3.63, 3.8) is 0 Å². The van der Waals surface area contributed by atoms with Gasteiger partial charge < -0.3 is 14.5 Å². The third-order valence-corrected chi connectivity index (χ3v) is 5.08. The van der Waals surface area contributed by atoms with Crippen LogP contribution in [0.4, 0.5) is 0 Å². The Labute approximate surface area is 169 Å². The molecule has 0 unspecified atom stereocenters. The summed E-state index contributed by atoms with van der Waals surface area (Å²) in [6, 6.07) is 18.6. The van der Waals surface area contributed by atoms with Gasteiger partial charge in [0.25, 0.3) is 0 Å². The first-order valence-electron chi connectivity index (χ1n) is 9.65. The molecule has 0 aliphatic carbocycles. The second-order valence-corrected chi connectivity index (χ2v) is 6.98. The average Bonchev–Trinajstić information content (AvgIpc) is 3.15. The smallest absolute Gasteiger partial charge is 0.244 e. The van der Waals surface area contributed by atoms with Crippen LogP contribution >= 0.6 is 0 Å². The number of furan rings is 1. The quantitative estimate of drug-likeness (QED) is 0.442. The highest BCUT2D eigenvalue weighted by Gasteiger charge is 2.15. The SMILES string of the molecule is CCNC(=O)/C=C(\C)c1cc2c(-c3ccc4ccccc4c3)coc2cc1OC. The van der Waals surface area contributed by atoms with Crippen LogP contribution in [-0.2, 0) is 4.79 Å². The van der Waals surface area contributed by atoms with Crippen molar-refractivity contribution >= 4 is 33.2 Å². The maximum Gasteiger partial charge on any atom is 0.244 e. The Kier molecular flexibility index (Phi) is 5.09. The molecule has 1 heterocycles. The second-order valence-electron chi connectivity index (χ2n) is 6.98. The zero-order valence-electron chi connectivity index (χ0n) is 16.8. The largest absolute Gasteiger partial charge is 0.496 e. The summed E-state index contributed by atoms with van der Waals surface area (Å²) in [5.74, 6) is 0.559. The van der Waals surface area contributed by atoms with Crippen LogP contribution in [0.15, 0.2) is 71.4 Å². The minimum Gasteiger partial charge on any atom is -0.496 e. The van der Waals surface area contributed by atoms with E-state index in [2.05, 4.69) is 35.6 Å². The van der Waals surface area contributed by atoms with E-state index in [0.29, 0.717) is 12.3 Å². The number of amides is 1. The minimum absolute atomic E-state index is 0.117. The lowest BCUT2D eigenvalue weighted by molar-refractivity contribution is -0.116. The van der Waals surface area contributed by atoms with Crippen molar-refractivity contribution in [3.05, 3.63) is 72.5 Å². The van der Waals surface area contributed by atoms with E-state index in [1.807, 2.05) is 38.1 Å². The monoisotopic (exact) mass is 385 g/mol. The summed E-state index contributed by atoms with van der Waals surface area (Å²) in [5, 5.41) is 6.16. The zero-order valence-corrected chi connectivity index (χ0v) is 16.8. The van der Waals surface area contributed by atoms with Crippen LogP contribution in [0.3, 0.4) is 0 Å². The Hall–Kier alpha value is -3.53. The number of benzene rings is 3. The van der Waals surface area contributed by atoms with Crippen molar-refractivity contribution in [1.82, 2.24) is 5.32 Å². The molecule has 0 spiro atoms. The van der Waals surface area contributed by atoms with Gasteiger partial charge in [-0.25, -0.2) is 0 Å². The third-order valence-electron chi connectivity index (χ3n) is 5.08. The summed E-state index contributed by atoms with van der Waals surface area (Å²) >= 11 is 0. The van der Waals surface area contributed by atoms with Crippen molar-refractivity contribution in [2.45, 2.75) is 13.8 Å². The van der Waals surface area contributed by atoms with Gasteiger partial charge in [0.1, 0.15) is 11.3 Å². The van der Waals surface area contributed by atoms with Gasteiger partial charge in [-0.1, -0.05) is 36.4 Å². The molecule has 146 valence electrons. The standard InChI is InChI=1S/C25H23NO3/c1-4-26-25(27)11-16(2)20-13-21-22(15-29-24(21)14-23(20)28-3)19-10-9-17-7-5-6-8-18(17)12-19/h5-15H,4H2,1-3H3,(H,26,27)/b16-11+. The predicted molar refractivity (Wildman–Crippen MR) is 118 cm³/mol. The van der Waals surface area contributed by atoms with E-state index in [1.165, 1.54) is 10.8 Å². The van der Waals surface area contributed by atoms with Crippen molar-refractivity contribution in [3.8, 4) is 16.9 Å². The molecule has 0 bridgehead atoms. The van der Waals surface area contributed by atoms with Crippen LogP contribution in [0.5, 0.6) is 5.75 Å². The minimum atomic E-state index is -0.117. The molecule has 3 aromatic carbocycles. The van der Waals surface area contributed by atoms with Gasteiger partial charge in [0, 0.05) is 35.2 Å². The molecule has 0 atom stereocenters.